The number of nitrogens with zero attached hydrogens (tertiary/aromatic N) is 2. The van der Waals surface area contributed by atoms with Gasteiger partial charge in [0, 0.05) is 22.6 Å². The van der Waals surface area contributed by atoms with Gasteiger partial charge in [-0.1, -0.05) is 72.8 Å². The van der Waals surface area contributed by atoms with Gasteiger partial charge in [-0.05, 0) is 24.6 Å². The topological polar surface area (TPSA) is 71.2 Å². The predicted molar refractivity (Wildman–Crippen MR) is 123 cm³/mol. The van der Waals surface area contributed by atoms with Crippen LogP contribution in [0.2, 0.25) is 0 Å². The Kier molecular flexibility index (Phi) is 5.15. The quantitative estimate of drug-likeness (QED) is 0.515. The lowest BCUT2D eigenvalue weighted by Crippen LogP contribution is -2.14. The monoisotopic (exact) mass is 422 g/mol. The van der Waals surface area contributed by atoms with Crippen LogP contribution in [-0.4, -0.2) is 17.5 Å². The summed E-state index contributed by atoms with van der Waals surface area (Å²) >= 11 is 0. The number of ether oxygens (including phenoxy) is 1. The van der Waals surface area contributed by atoms with Gasteiger partial charge in [0.1, 0.15) is 17.6 Å². The van der Waals surface area contributed by atoms with Gasteiger partial charge >= 0.3 is 0 Å². The van der Waals surface area contributed by atoms with E-state index in [1.807, 2.05) is 67.6 Å². The van der Waals surface area contributed by atoms with Gasteiger partial charge in [-0.2, -0.15) is 10.2 Å². The summed E-state index contributed by atoms with van der Waals surface area (Å²) in [4.78, 5) is 13.1. The summed E-state index contributed by atoms with van der Waals surface area (Å²) in [5.74, 6) is 0.310. The van der Waals surface area contributed by atoms with E-state index in [0.29, 0.717) is 23.4 Å². The first-order valence-electron chi connectivity index (χ1n) is 10.7. The van der Waals surface area contributed by atoms with Crippen molar-refractivity contribution in [3.63, 3.8) is 0 Å². The van der Waals surface area contributed by atoms with Crippen molar-refractivity contribution in [2.24, 2.45) is 10.2 Å². The molecule has 2 aliphatic rings. The molecule has 0 aromatic heterocycles. The van der Waals surface area contributed by atoms with Gasteiger partial charge in [-0.15, -0.1) is 0 Å². The lowest BCUT2D eigenvalue weighted by atomic mass is 9.84. The van der Waals surface area contributed by atoms with E-state index in [1.54, 1.807) is 24.3 Å². The van der Waals surface area contributed by atoms with Crippen LogP contribution >= 0.6 is 0 Å². The summed E-state index contributed by atoms with van der Waals surface area (Å²) in [6.07, 6.45) is 1.94. The zero-order valence-corrected chi connectivity index (χ0v) is 17.6. The molecule has 1 N–H and O–H groups in total. The van der Waals surface area contributed by atoms with Gasteiger partial charge in [0.25, 0.3) is 0 Å². The van der Waals surface area contributed by atoms with Crippen molar-refractivity contribution in [2.75, 3.05) is 6.61 Å². The lowest BCUT2D eigenvalue weighted by molar-refractivity contribution is 0.103. The summed E-state index contributed by atoms with van der Waals surface area (Å²) in [6.45, 7) is 2.50. The fourth-order valence-electron chi connectivity index (χ4n) is 4.35. The Morgan fingerprint density at radius 1 is 0.906 bits per heavy atom. The van der Waals surface area contributed by atoms with Gasteiger partial charge in [0.05, 0.1) is 17.9 Å². The number of fused-ring (bicyclic) bond motifs is 1. The second-order valence-electron chi connectivity index (χ2n) is 7.72. The Hall–Kier alpha value is -3.99. The molecule has 0 amide bonds. The molecule has 0 unspecified atom stereocenters. The Labute approximate surface area is 186 Å². The van der Waals surface area contributed by atoms with Crippen molar-refractivity contribution in [2.45, 2.75) is 18.9 Å². The molecule has 3 aromatic rings. The number of rotatable bonds is 5. The van der Waals surface area contributed by atoms with Crippen molar-refractivity contribution in [3.05, 3.63) is 118 Å². The van der Waals surface area contributed by atoms with Crippen LogP contribution in [0.5, 0.6) is 5.75 Å². The molecule has 0 fully saturated rings. The molecule has 1 aliphatic heterocycles. The fraction of sp³-hybridized carbons (Fsp3) is 0.148. The molecule has 5 nitrogen and oxygen atoms in total. The smallest absolute Gasteiger partial charge is 0.199 e. The summed E-state index contributed by atoms with van der Waals surface area (Å²) in [5, 5.41) is 19.9. The predicted octanol–water partition coefficient (Wildman–Crippen LogP) is 6.43. The molecule has 0 spiro atoms. The van der Waals surface area contributed by atoms with Crippen molar-refractivity contribution < 1.29 is 14.6 Å². The van der Waals surface area contributed by atoms with E-state index < -0.39 is 0 Å². The Morgan fingerprint density at radius 2 is 1.59 bits per heavy atom. The van der Waals surface area contributed by atoms with E-state index in [4.69, 9.17) is 4.74 Å². The highest BCUT2D eigenvalue weighted by atomic mass is 16.5. The lowest BCUT2D eigenvalue weighted by Gasteiger charge is -2.26. The van der Waals surface area contributed by atoms with Crippen LogP contribution in [0.4, 0.5) is 0 Å². The van der Waals surface area contributed by atoms with E-state index in [9.17, 15) is 9.90 Å². The second kappa shape index (κ2) is 8.27. The van der Waals surface area contributed by atoms with Crippen LogP contribution in [0.1, 0.15) is 45.9 Å². The highest BCUT2D eigenvalue weighted by Crippen LogP contribution is 2.45. The number of aliphatic hydroxyl groups excluding tert-OH is 1. The molecule has 1 heterocycles. The third-order valence-corrected chi connectivity index (χ3v) is 5.84. The maximum absolute atomic E-state index is 13.1. The number of allylic oxidation sites excluding steroid dienone is 1. The molecule has 32 heavy (non-hydrogen) atoms. The normalized spacial score (nSPS) is 19.7. The minimum absolute atomic E-state index is 0.0456. The number of hydrogen-bond acceptors (Lipinski definition) is 5. The molecule has 0 saturated carbocycles. The minimum Gasteiger partial charge on any atom is -0.506 e. The summed E-state index contributed by atoms with van der Waals surface area (Å²) in [5.41, 5.74) is 3.58. The zero-order valence-electron chi connectivity index (χ0n) is 17.6. The van der Waals surface area contributed by atoms with E-state index in [0.717, 1.165) is 16.9 Å². The molecule has 2 atom stereocenters. The number of para-hydroxylation sites is 1. The van der Waals surface area contributed by atoms with Crippen LogP contribution in [0, 0.1) is 0 Å². The summed E-state index contributed by atoms with van der Waals surface area (Å²) in [7, 11) is 0. The molecular formula is C27H22N2O3. The van der Waals surface area contributed by atoms with E-state index >= 15 is 0 Å². The molecule has 158 valence electrons. The number of aliphatic hydroxyl groups is 1. The molecule has 0 bridgehead atoms. The molecule has 5 heteroatoms. The summed E-state index contributed by atoms with van der Waals surface area (Å²) < 4.78 is 5.85. The molecule has 3 aromatic carbocycles. The molecule has 0 radical (unpaired) electrons. The highest BCUT2D eigenvalue weighted by molar-refractivity contribution is 6.22. The Bertz CT molecular complexity index is 1270. The average molecular weight is 422 g/mol. The molecule has 1 aliphatic carbocycles. The Morgan fingerprint density at radius 3 is 2.34 bits per heavy atom. The Balaban J connectivity index is 1.61. The maximum Gasteiger partial charge on any atom is 0.199 e. The number of Topliss-reactive ketones (excluding diaryl/α,β-unsaturated/α-hetero) is 1. The molecular weight excluding hydrogens is 400 g/mol. The van der Waals surface area contributed by atoms with Gasteiger partial charge in [-0.25, -0.2) is 0 Å². The van der Waals surface area contributed by atoms with Gasteiger partial charge in [-0.3, -0.25) is 4.79 Å². The first-order valence-corrected chi connectivity index (χ1v) is 10.7. The number of benzene rings is 3. The SMILES string of the molecule is CCOc1ccccc1[C@H]1N=NC(C2=C(O)c3ccccc3C2=O)=C[C@@H]1c1ccccc1. The van der Waals surface area contributed by atoms with Gasteiger partial charge in [0.15, 0.2) is 5.78 Å². The molecule has 0 saturated heterocycles. The largest absolute Gasteiger partial charge is 0.506 e. The number of ketones is 1. The number of hydrogen-bond donors (Lipinski definition) is 1. The standard InChI is InChI=1S/C27H22N2O3/c1-2-32-23-15-9-8-14-20(23)25-21(17-10-4-3-5-11-17)16-22(28-29-25)24-26(30)18-12-6-7-13-19(18)27(24)31/h3-16,21,25,30H,2H2,1H3/t21-,25-/m1/s1. The van der Waals surface area contributed by atoms with E-state index in [-0.39, 0.29) is 29.1 Å². The average Bonchev–Trinajstić information content (AvgIpc) is 3.10. The molecule has 5 rings (SSSR count). The van der Waals surface area contributed by atoms with Crippen LogP contribution in [0.25, 0.3) is 5.76 Å². The maximum atomic E-state index is 13.1. The fourth-order valence-corrected chi connectivity index (χ4v) is 4.35. The van der Waals surface area contributed by atoms with Crippen molar-refractivity contribution in [3.8, 4) is 5.75 Å². The van der Waals surface area contributed by atoms with Crippen LogP contribution in [0.3, 0.4) is 0 Å². The van der Waals surface area contributed by atoms with Crippen LogP contribution in [0.15, 0.2) is 106 Å². The third-order valence-electron chi connectivity index (χ3n) is 5.84. The van der Waals surface area contributed by atoms with E-state index in [2.05, 4.69) is 10.2 Å². The first-order chi connectivity index (χ1) is 15.7. The first kappa shape index (κ1) is 19.9. The minimum atomic E-state index is -0.314. The van der Waals surface area contributed by atoms with Crippen LogP contribution in [-0.2, 0) is 0 Å². The number of azo groups is 1. The third kappa shape index (κ3) is 3.32. The number of carbonyl (C=O) groups excluding carboxylic acids is 1. The summed E-state index contributed by atoms with van der Waals surface area (Å²) in [6, 6.07) is 24.6. The van der Waals surface area contributed by atoms with Crippen molar-refractivity contribution >= 4 is 11.5 Å². The van der Waals surface area contributed by atoms with Crippen molar-refractivity contribution in [1.82, 2.24) is 0 Å². The van der Waals surface area contributed by atoms with Crippen LogP contribution < -0.4 is 4.74 Å². The van der Waals surface area contributed by atoms with Crippen molar-refractivity contribution in [1.29, 1.82) is 0 Å². The van der Waals surface area contributed by atoms with E-state index in [1.165, 1.54) is 0 Å². The highest BCUT2D eigenvalue weighted by Gasteiger charge is 2.36. The van der Waals surface area contributed by atoms with Gasteiger partial charge < -0.3 is 9.84 Å². The zero-order chi connectivity index (χ0) is 22.1. The van der Waals surface area contributed by atoms with Gasteiger partial charge in [0.2, 0.25) is 0 Å². The number of carbonyl (C=O) groups is 1. The second-order valence-corrected chi connectivity index (χ2v) is 7.72.